The number of piperidine rings is 1. The molecule has 5 heteroatoms. The van der Waals surface area contributed by atoms with Gasteiger partial charge in [-0.1, -0.05) is 29.8 Å². The number of hydrogen-bond donors (Lipinski definition) is 1. The van der Waals surface area contributed by atoms with Gasteiger partial charge in [0.2, 0.25) is 5.91 Å². The van der Waals surface area contributed by atoms with Crippen LogP contribution in [-0.2, 0) is 17.6 Å². The number of amides is 1. The van der Waals surface area contributed by atoms with Crippen molar-refractivity contribution >= 4 is 28.8 Å². The Labute approximate surface area is 170 Å². The lowest BCUT2D eigenvalue weighted by Crippen LogP contribution is -2.51. The third-order valence-electron chi connectivity index (χ3n) is 6.31. The third kappa shape index (κ3) is 4.39. The van der Waals surface area contributed by atoms with Crippen LogP contribution in [0.5, 0.6) is 0 Å². The summed E-state index contributed by atoms with van der Waals surface area (Å²) in [6.45, 7) is 1.68. The van der Waals surface area contributed by atoms with E-state index in [4.69, 9.17) is 17.3 Å². The lowest BCUT2D eigenvalue weighted by molar-refractivity contribution is -0.135. The number of nitrogens with zero attached hydrogens (tertiary/aromatic N) is 1. The number of thiophene rings is 1. The van der Waals surface area contributed by atoms with Crippen molar-refractivity contribution in [1.29, 1.82) is 0 Å². The van der Waals surface area contributed by atoms with Gasteiger partial charge in [-0.05, 0) is 79.0 Å². The summed E-state index contributed by atoms with van der Waals surface area (Å²) < 4.78 is 0. The van der Waals surface area contributed by atoms with E-state index in [1.807, 2.05) is 40.5 Å². The molecule has 1 aromatic carbocycles. The Bertz CT molecular complexity index is 762. The largest absolute Gasteiger partial charge is 0.341 e. The van der Waals surface area contributed by atoms with Crippen LogP contribution in [0.15, 0.2) is 41.8 Å². The van der Waals surface area contributed by atoms with Crippen LogP contribution in [0.1, 0.15) is 36.1 Å². The molecule has 1 aromatic heterocycles. The van der Waals surface area contributed by atoms with Gasteiger partial charge >= 0.3 is 0 Å². The van der Waals surface area contributed by atoms with Crippen LogP contribution in [0.25, 0.3) is 0 Å². The smallest absolute Gasteiger partial charge is 0.239 e. The van der Waals surface area contributed by atoms with Crippen molar-refractivity contribution in [2.45, 2.75) is 44.6 Å². The summed E-state index contributed by atoms with van der Waals surface area (Å²) in [6.07, 6.45) is 6.67. The Morgan fingerprint density at radius 1 is 1.22 bits per heavy atom. The Hall–Kier alpha value is -1.36. The van der Waals surface area contributed by atoms with E-state index >= 15 is 0 Å². The highest BCUT2D eigenvalue weighted by atomic mass is 35.5. The van der Waals surface area contributed by atoms with Gasteiger partial charge in [-0.3, -0.25) is 4.79 Å². The average molecular weight is 403 g/mol. The Morgan fingerprint density at radius 3 is 2.52 bits per heavy atom. The molecule has 0 spiro atoms. The first-order chi connectivity index (χ1) is 13.1. The van der Waals surface area contributed by atoms with Crippen LogP contribution in [0.4, 0.5) is 0 Å². The summed E-state index contributed by atoms with van der Waals surface area (Å²) in [5, 5.41) is 2.88. The highest BCUT2D eigenvalue weighted by molar-refractivity contribution is 7.09. The van der Waals surface area contributed by atoms with E-state index in [-0.39, 0.29) is 5.91 Å². The van der Waals surface area contributed by atoms with E-state index in [1.54, 1.807) is 0 Å². The van der Waals surface area contributed by atoms with Crippen molar-refractivity contribution in [3.8, 4) is 0 Å². The first-order valence-electron chi connectivity index (χ1n) is 9.87. The molecular weight excluding hydrogens is 376 g/mol. The minimum atomic E-state index is -0.475. The fraction of sp³-hybridized carbons (Fsp3) is 0.500. The maximum Gasteiger partial charge on any atom is 0.239 e. The number of benzene rings is 1. The van der Waals surface area contributed by atoms with Crippen LogP contribution < -0.4 is 5.73 Å². The summed E-state index contributed by atoms with van der Waals surface area (Å²) >= 11 is 7.80. The standard InChI is InChI=1S/C22H27ClN2OS/c23-18-7-3-16(4-8-18)14-20(24)21(26)25-11-9-22(10-12-25,17-5-6-17)15-19-2-1-13-27-19/h1-4,7-8,13,17,20H,5-6,9-12,14-15,24H2. The van der Waals surface area contributed by atoms with Crippen molar-refractivity contribution in [3.63, 3.8) is 0 Å². The molecule has 1 aliphatic heterocycles. The van der Waals surface area contributed by atoms with Gasteiger partial charge in [0.05, 0.1) is 6.04 Å². The third-order valence-corrected chi connectivity index (χ3v) is 7.44. The lowest BCUT2D eigenvalue weighted by Gasteiger charge is -2.43. The predicted octanol–water partition coefficient (Wildman–Crippen LogP) is 4.53. The Balaban J connectivity index is 1.36. The quantitative estimate of drug-likeness (QED) is 0.771. The SMILES string of the molecule is NC(Cc1ccc(Cl)cc1)C(=O)N1CCC(Cc2cccs2)(C2CC2)CC1. The van der Waals surface area contributed by atoms with Crippen molar-refractivity contribution < 1.29 is 4.79 Å². The zero-order chi connectivity index (χ0) is 18.9. The van der Waals surface area contributed by atoms with Gasteiger partial charge in [0.15, 0.2) is 0 Å². The average Bonchev–Trinajstić information content (AvgIpc) is 3.43. The number of carbonyl (C=O) groups is 1. The molecule has 1 aliphatic carbocycles. The number of nitrogens with two attached hydrogens (primary N) is 1. The molecule has 2 fully saturated rings. The van der Waals surface area contributed by atoms with E-state index in [1.165, 1.54) is 24.1 Å². The number of hydrogen-bond acceptors (Lipinski definition) is 3. The molecule has 2 aromatic rings. The van der Waals surface area contributed by atoms with Crippen LogP contribution in [0.2, 0.25) is 5.02 Å². The fourth-order valence-corrected chi connectivity index (χ4v) is 5.54. The number of carbonyl (C=O) groups excluding carboxylic acids is 1. The van der Waals surface area contributed by atoms with Gasteiger partial charge in [-0.2, -0.15) is 0 Å². The molecule has 2 heterocycles. The highest BCUT2D eigenvalue weighted by Gasteiger charge is 2.47. The molecule has 0 radical (unpaired) electrons. The highest BCUT2D eigenvalue weighted by Crippen LogP contribution is 2.53. The molecule has 1 saturated carbocycles. The zero-order valence-electron chi connectivity index (χ0n) is 15.6. The molecule has 0 bridgehead atoms. The first kappa shape index (κ1) is 19.0. The van der Waals surface area contributed by atoms with Gasteiger partial charge < -0.3 is 10.6 Å². The van der Waals surface area contributed by atoms with Crippen LogP contribution >= 0.6 is 22.9 Å². The van der Waals surface area contributed by atoms with E-state index < -0.39 is 6.04 Å². The van der Waals surface area contributed by atoms with Gasteiger partial charge in [0, 0.05) is 23.0 Å². The maximum absolute atomic E-state index is 12.9. The predicted molar refractivity (Wildman–Crippen MR) is 112 cm³/mol. The van der Waals surface area contributed by atoms with Gasteiger partial charge in [0.25, 0.3) is 0 Å². The van der Waals surface area contributed by atoms with Crippen LogP contribution in [0.3, 0.4) is 0 Å². The Morgan fingerprint density at radius 2 is 1.93 bits per heavy atom. The molecule has 27 heavy (non-hydrogen) atoms. The van der Waals surface area contributed by atoms with E-state index in [9.17, 15) is 4.79 Å². The van der Waals surface area contributed by atoms with Gasteiger partial charge in [-0.25, -0.2) is 0 Å². The molecule has 4 rings (SSSR count). The molecule has 144 valence electrons. The molecule has 1 unspecified atom stereocenters. The second kappa shape index (κ2) is 7.94. The second-order valence-corrected chi connectivity index (χ2v) is 9.62. The topological polar surface area (TPSA) is 46.3 Å². The van der Waals surface area contributed by atoms with E-state index in [0.29, 0.717) is 16.9 Å². The number of halogens is 1. The monoisotopic (exact) mass is 402 g/mol. The zero-order valence-corrected chi connectivity index (χ0v) is 17.1. The minimum Gasteiger partial charge on any atom is -0.341 e. The van der Waals surface area contributed by atoms with Crippen LogP contribution in [-0.4, -0.2) is 29.9 Å². The number of rotatable bonds is 6. The van der Waals surface area contributed by atoms with Crippen molar-refractivity contribution in [2.75, 3.05) is 13.1 Å². The molecule has 1 atom stereocenters. The molecule has 1 saturated heterocycles. The van der Waals surface area contributed by atoms with Crippen molar-refractivity contribution in [2.24, 2.45) is 17.1 Å². The molecule has 2 aliphatic rings. The molecule has 1 amide bonds. The summed E-state index contributed by atoms with van der Waals surface area (Å²) in [5.41, 5.74) is 7.69. The molecule has 2 N–H and O–H groups in total. The second-order valence-electron chi connectivity index (χ2n) is 8.16. The van der Waals surface area contributed by atoms with E-state index in [0.717, 1.165) is 37.4 Å². The number of likely N-dealkylation sites (tertiary alicyclic amines) is 1. The molecular formula is C22H27ClN2OS. The lowest BCUT2D eigenvalue weighted by atomic mass is 9.71. The minimum absolute atomic E-state index is 0.0884. The summed E-state index contributed by atoms with van der Waals surface area (Å²) in [6, 6.07) is 11.5. The first-order valence-corrected chi connectivity index (χ1v) is 11.1. The summed E-state index contributed by atoms with van der Waals surface area (Å²) in [5.74, 6) is 0.935. The molecule has 3 nitrogen and oxygen atoms in total. The Kier molecular flexibility index (Phi) is 5.58. The summed E-state index contributed by atoms with van der Waals surface area (Å²) in [4.78, 5) is 16.3. The maximum atomic E-state index is 12.9. The summed E-state index contributed by atoms with van der Waals surface area (Å²) in [7, 11) is 0. The van der Waals surface area contributed by atoms with Crippen molar-refractivity contribution in [3.05, 3.63) is 57.2 Å². The van der Waals surface area contributed by atoms with Gasteiger partial charge in [0.1, 0.15) is 0 Å². The van der Waals surface area contributed by atoms with Crippen LogP contribution in [0, 0.1) is 11.3 Å². The van der Waals surface area contributed by atoms with Gasteiger partial charge in [-0.15, -0.1) is 11.3 Å². The fourth-order valence-electron chi connectivity index (χ4n) is 4.55. The van der Waals surface area contributed by atoms with E-state index in [2.05, 4.69) is 17.5 Å². The normalized spacial score (nSPS) is 20.4. The van der Waals surface area contributed by atoms with Crippen molar-refractivity contribution in [1.82, 2.24) is 4.90 Å².